The Morgan fingerprint density at radius 2 is 2.00 bits per heavy atom. The average Bonchev–Trinajstić information content (AvgIpc) is 3.05. The Balaban J connectivity index is 2.17. The number of ether oxygens (including phenoxy) is 1. The topological polar surface area (TPSA) is 132 Å². The molecule has 0 amide bonds. The van der Waals surface area contributed by atoms with Gasteiger partial charge in [0, 0.05) is 12.1 Å². The number of aromatic nitrogens is 3. The van der Waals surface area contributed by atoms with E-state index in [2.05, 4.69) is 22.3 Å². The molecule has 0 aromatic carbocycles. The molecule has 0 radical (unpaired) electrons. The van der Waals surface area contributed by atoms with Gasteiger partial charge in [-0.3, -0.25) is 5.10 Å². The van der Waals surface area contributed by atoms with Crippen molar-refractivity contribution in [2.75, 3.05) is 6.61 Å². The molecule has 22 heavy (non-hydrogen) atoms. The molecule has 8 nitrogen and oxygen atoms in total. The second-order valence-corrected chi connectivity index (χ2v) is 5.79. The van der Waals surface area contributed by atoms with Crippen LogP contribution in [0, 0.1) is 0 Å². The SMILES string of the molecule is CCCCCC(c1c[nH]nn1)C1O[C@H](CO)[C@@H](O)[C@H](O)[C@H]1O. The van der Waals surface area contributed by atoms with Crippen molar-refractivity contribution in [3.05, 3.63) is 11.9 Å². The largest absolute Gasteiger partial charge is 0.394 e. The molecule has 1 aliphatic heterocycles. The van der Waals surface area contributed by atoms with Crippen molar-refractivity contribution in [3.8, 4) is 0 Å². The summed E-state index contributed by atoms with van der Waals surface area (Å²) in [6.07, 6.45) is -0.250. The van der Waals surface area contributed by atoms with E-state index in [0.717, 1.165) is 19.3 Å². The molecule has 2 heterocycles. The highest BCUT2D eigenvalue weighted by molar-refractivity contribution is 5.09. The summed E-state index contributed by atoms with van der Waals surface area (Å²) in [5, 5.41) is 49.7. The van der Waals surface area contributed by atoms with Gasteiger partial charge in [0.2, 0.25) is 0 Å². The fourth-order valence-electron chi connectivity index (χ4n) is 2.95. The second-order valence-electron chi connectivity index (χ2n) is 5.79. The summed E-state index contributed by atoms with van der Waals surface area (Å²) in [7, 11) is 0. The van der Waals surface area contributed by atoms with Crippen LogP contribution in [0.1, 0.15) is 44.2 Å². The number of H-pyrrole nitrogens is 1. The molecule has 0 spiro atoms. The first-order valence-corrected chi connectivity index (χ1v) is 7.77. The van der Waals surface area contributed by atoms with Gasteiger partial charge in [-0.25, -0.2) is 0 Å². The van der Waals surface area contributed by atoms with Crippen LogP contribution in [-0.4, -0.2) is 73.0 Å². The van der Waals surface area contributed by atoms with Crippen LogP contribution in [0.2, 0.25) is 0 Å². The molecule has 1 saturated heterocycles. The predicted molar refractivity (Wildman–Crippen MR) is 77.0 cm³/mol. The van der Waals surface area contributed by atoms with E-state index in [4.69, 9.17) is 4.74 Å². The zero-order chi connectivity index (χ0) is 16.1. The Morgan fingerprint density at radius 3 is 2.59 bits per heavy atom. The third-order valence-electron chi connectivity index (χ3n) is 4.26. The van der Waals surface area contributed by atoms with Crippen LogP contribution in [0.5, 0.6) is 0 Å². The van der Waals surface area contributed by atoms with Crippen LogP contribution >= 0.6 is 0 Å². The molecule has 1 aliphatic rings. The van der Waals surface area contributed by atoms with Crippen molar-refractivity contribution in [1.82, 2.24) is 15.4 Å². The fourth-order valence-corrected chi connectivity index (χ4v) is 2.95. The third-order valence-corrected chi connectivity index (χ3v) is 4.26. The highest BCUT2D eigenvalue weighted by Crippen LogP contribution is 2.34. The molecule has 0 saturated carbocycles. The lowest BCUT2D eigenvalue weighted by Crippen LogP contribution is -2.59. The molecular weight excluding hydrogens is 290 g/mol. The first kappa shape index (κ1) is 17.3. The van der Waals surface area contributed by atoms with E-state index < -0.39 is 37.1 Å². The number of rotatable bonds is 7. The summed E-state index contributed by atoms with van der Waals surface area (Å²) in [5.74, 6) is -0.267. The first-order valence-electron chi connectivity index (χ1n) is 7.77. The van der Waals surface area contributed by atoms with Crippen LogP contribution in [0.3, 0.4) is 0 Å². The van der Waals surface area contributed by atoms with Crippen LogP contribution in [0.25, 0.3) is 0 Å². The monoisotopic (exact) mass is 315 g/mol. The quantitative estimate of drug-likeness (QED) is 0.421. The van der Waals surface area contributed by atoms with Crippen LogP contribution in [0.4, 0.5) is 0 Å². The molecule has 8 heteroatoms. The van der Waals surface area contributed by atoms with Crippen molar-refractivity contribution in [3.63, 3.8) is 0 Å². The molecule has 2 rings (SSSR count). The van der Waals surface area contributed by atoms with E-state index >= 15 is 0 Å². The van der Waals surface area contributed by atoms with Gasteiger partial charge in [0.15, 0.2) is 0 Å². The van der Waals surface area contributed by atoms with Gasteiger partial charge in [0.1, 0.15) is 24.4 Å². The Morgan fingerprint density at radius 1 is 1.23 bits per heavy atom. The minimum atomic E-state index is -1.36. The van der Waals surface area contributed by atoms with Gasteiger partial charge in [-0.2, -0.15) is 0 Å². The van der Waals surface area contributed by atoms with E-state index in [9.17, 15) is 20.4 Å². The van der Waals surface area contributed by atoms with Gasteiger partial charge in [-0.05, 0) is 6.42 Å². The molecular formula is C14H25N3O5. The highest BCUT2D eigenvalue weighted by Gasteiger charge is 2.46. The van der Waals surface area contributed by atoms with E-state index in [1.54, 1.807) is 6.20 Å². The number of hydrogen-bond donors (Lipinski definition) is 5. The summed E-state index contributed by atoms with van der Waals surface area (Å²) < 4.78 is 5.66. The number of aliphatic hydroxyl groups excluding tert-OH is 4. The van der Waals surface area contributed by atoms with Crippen LogP contribution in [-0.2, 0) is 4.74 Å². The molecule has 6 atom stereocenters. The van der Waals surface area contributed by atoms with Gasteiger partial charge in [-0.1, -0.05) is 31.4 Å². The van der Waals surface area contributed by atoms with E-state index in [1.165, 1.54) is 0 Å². The maximum Gasteiger partial charge on any atom is 0.111 e. The summed E-state index contributed by atoms with van der Waals surface area (Å²) in [5.41, 5.74) is 0.639. The molecule has 5 N–H and O–H groups in total. The lowest BCUT2D eigenvalue weighted by atomic mass is 9.83. The predicted octanol–water partition coefficient (Wildman–Crippen LogP) is -0.689. The molecule has 1 fully saturated rings. The van der Waals surface area contributed by atoms with E-state index in [-0.39, 0.29) is 5.92 Å². The van der Waals surface area contributed by atoms with E-state index in [0.29, 0.717) is 12.1 Å². The molecule has 0 bridgehead atoms. The Kier molecular flexibility index (Phi) is 6.27. The normalized spacial score (nSPS) is 33.8. The zero-order valence-electron chi connectivity index (χ0n) is 12.7. The lowest BCUT2D eigenvalue weighted by Gasteiger charge is -2.42. The number of unbranched alkanes of at least 4 members (excludes halogenated alkanes) is 2. The van der Waals surface area contributed by atoms with Crippen molar-refractivity contribution >= 4 is 0 Å². The number of nitrogens with one attached hydrogen (secondary N) is 1. The Labute approximate surface area is 129 Å². The summed E-state index contributed by atoms with van der Waals surface area (Å²) in [4.78, 5) is 0. The Bertz CT molecular complexity index is 428. The summed E-state index contributed by atoms with van der Waals surface area (Å²) >= 11 is 0. The Hall–Kier alpha value is -1.06. The van der Waals surface area contributed by atoms with Crippen molar-refractivity contribution in [1.29, 1.82) is 0 Å². The van der Waals surface area contributed by atoms with Gasteiger partial charge >= 0.3 is 0 Å². The van der Waals surface area contributed by atoms with Gasteiger partial charge in [0.05, 0.1) is 18.4 Å². The second kappa shape index (κ2) is 7.98. The number of hydrogen-bond acceptors (Lipinski definition) is 7. The average molecular weight is 315 g/mol. The van der Waals surface area contributed by atoms with Crippen LogP contribution < -0.4 is 0 Å². The first-order chi connectivity index (χ1) is 10.6. The van der Waals surface area contributed by atoms with Gasteiger partial charge < -0.3 is 25.2 Å². The molecule has 126 valence electrons. The molecule has 2 unspecified atom stereocenters. The molecule has 1 aromatic rings. The summed E-state index contributed by atoms with van der Waals surface area (Å²) in [6.45, 7) is 1.67. The van der Waals surface area contributed by atoms with Gasteiger partial charge in [-0.15, -0.1) is 5.10 Å². The molecule has 1 aromatic heterocycles. The van der Waals surface area contributed by atoms with Gasteiger partial charge in [0.25, 0.3) is 0 Å². The minimum Gasteiger partial charge on any atom is -0.394 e. The highest BCUT2D eigenvalue weighted by atomic mass is 16.5. The summed E-state index contributed by atoms with van der Waals surface area (Å²) in [6, 6.07) is 0. The number of aromatic amines is 1. The van der Waals surface area contributed by atoms with E-state index in [1.807, 2.05) is 0 Å². The smallest absolute Gasteiger partial charge is 0.111 e. The number of nitrogens with zero attached hydrogens (tertiary/aromatic N) is 2. The van der Waals surface area contributed by atoms with Crippen molar-refractivity contribution in [2.24, 2.45) is 0 Å². The third kappa shape index (κ3) is 3.64. The van der Waals surface area contributed by atoms with Crippen molar-refractivity contribution in [2.45, 2.75) is 69.0 Å². The standard InChI is InChI=1S/C14H25N3O5/c1-2-3-4-5-8(9-6-15-17-16-9)14-13(21)12(20)11(19)10(7-18)22-14/h6,8,10-14,18-21H,2-5,7H2,1H3,(H,15,16,17)/t8?,10-,11-,12+,13-,14?/m1/s1. The lowest BCUT2D eigenvalue weighted by molar-refractivity contribution is -0.235. The number of aliphatic hydroxyl groups is 4. The fraction of sp³-hybridized carbons (Fsp3) is 0.857. The maximum absolute atomic E-state index is 10.3. The maximum atomic E-state index is 10.3. The zero-order valence-corrected chi connectivity index (χ0v) is 12.7. The van der Waals surface area contributed by atoms with Crippen molar-refractivity contribution < 1.29 is 25.2 Å². The molecule has 0 aliphatic carbocycles. The minimum absolute atomic E-state index is 0.267. The van der Waals surface area contributed by atoms with Crippen LogP contribution in [0.15, 0.2) is 6.20 Å².